The highest BCUT2D eigenvalue weighted by Crippen LogP contribution is 2.38. The minimum atomic E-state index is -0.915. The summed E-state index contributed by atoms with van der Waals surface area (Å²) in [6.07, 6.45) is 3.51. The average molecular weight is 284 g/mol. The van der Waals surface area contributed by atoms with Crippen LogP contribution in [0.25, 0.3) is 0 Å². The largest absolute Gasteiger partial charge is 0.490 e. The highest BCUT2D eigenvalue weighted by molar-refractivity contribution is 5.25. The molecule has 1 aliphatic heterocycles. The topological polar surface area (TPSA) is 27.7 Å². The fourth-order valence-corrected chi connectivity index (χ4v) is 2.87. The maximum absolute atomic E-state index is 13.5. The second kappa shape index (κ2) is 5.66. The summed E-state index contributed by atoms with van der Waals surface area (Å²) in [4.78, 5) is 0. The summed E-state index contributed by atoms with van der Waals surface area (Å²) in [7, 11) is 0. The minimum Gasteiger partial charge on any atom is -0.490 e. The Balaban J connectivity index is 1.51. The van der Waals surface area contributed by atoms with Gasteiger partial charge in [0.15, 0.2) is 17.4 Å². The zero-order chi connectivity index (χ0) is 14.0. The zero-order valence-electron chi connectivity index (χ0n) is 11.2. The third kappa shape index (κ3) is 2.79. The second-order valence-electron chi connectivity index (χ2n) is 5.41. The second-order valence-corrected chi connectivity index (χ2v) is 5.41. The molecule has 1 heterocycles. The Kier molecular flexibility index (Phi) is 3.89. The van der Waals surface area contributed by atoms with Gasteiger partial charge in [-0.1, -0.05) is 6.07 Å². The van der Waals surface area contributed by atoms with Gasteiger partial charge in [-0.3, -0.25) is 0 Å². The smallest absolute Gasteiger partial charge is 0.200 e. The van der Waals surface area contributed by atoms with Gasteiger partial charge in [0.25, 0.3) is 0 Å². The number of rotatable bonds is 3. The molecule has 0 amide bonds. The van der Waals surface area contributed by atoms with Gasteiger partial charge in [0.1, 0.15) is 0 Å². The Morgan fingerprint density at radius 3 is 2.55 bits per heavy atom. The monoisotopic (exact) mass is 284 g/mol. The standard InChI is InChI=1S/C15H18F2O3/c16-12-2-1-3-13(14(12)17)18-10-11-4-6-15(7-5-11)19-8-9-20-15/h1-3,11H,4-10H2. The summed E-state index contributed by atoms with van der Waals surface area (Å²) in [6.45, 7) is 1.72. The first kappa shape index (κ1) is 13.8. The first-order chi connectivity index (χ1) is 9.69. The van der Waals surface area contributed by atoms with Gasteiger partial charge < -0.3 is 14.2 Å². The van der Waals surface area contributed by atoms with Crippen LogP contribution in [-0.4, -0.2) is 25.6 Å². The molecule has 0 N–H and O–H groups in total. The van der Waals surface area contributed by atoms with Gasteiger partial charge in [0.05, 0.1) is 19.8 Å². The van der Waals surface area contributed by atoms with Crippen LogP contribution in [0.3, 0.4) is 0 Å². The molecule has 1 aliphatic carbocycles. The number of benzene rings is 1. The lowest BCUT2D eigenvalue weighted by molar-refractivity contribution is -0.183. The highest BCUT2D eigenvalue weighted by Gasteiger charge is 2.40. The molecule has 3 nitrogen and oxygen atoms in total. The van der Waals surface area contributed by atoms with Crippen LogP contribution in [-0.2, 0) is 9.47 Å². The van der Waals surface area contributed by atoms with Crippen LogP contribution >= 0.6 is 0 Å². The van der Waals surface area contributed by atoms with E-state index in [0.29, 0.717) is 25.7 Å². The van der Waals surface area contributed by atoms with Crippen molar-refractivity contribution in [2.45, 2.75) is 31.5 Å². The predicted molar refractivity (Wildman–Crippen MR) is 68.4 cm³/mol. The van der Waals surface area contributed by atoms with E-state index in [1.54, 1.807) is 0 Å². The quantitative estimate of drug-likeness (QED) is 0.852. The van der Waals surface area contributed by atoms with Gasteiger partial charge >= 0.3 is 0 Å². The van der Waals surface area contributed by atoms with Crippen LogP contribution in [0.4, 0.5) is 8.78 Å². The Labute approximate surface area is 116 Å². The third-order valence-electron chi connectivity index (χ3n) is 4.07. The minimum absolute atomic E-state index is 0.0151. The normalized spacial score (nSPS) is 22.3. The van der Waals surface area contributed by atoms with Crippen molar-refractivity contribution in [3.05, 3.63) is 29.8 Å². The Hall–Kier alpha value is -1.20. The molecule has 1 saturated heterocycles. The van der Waals surface area contributed by atoms with E-state index in [2.05, 4.69) is 0 Å². The van der Waals surface area contributed by atoms with Crippen LogP contribution in [0.2, 0.25) is 0 Å². The maximum Gasteiger partial charge on any atom is 0.200 e. The molecule has 1 spiro atoms. The van der Waals surface area contributed by atoms with Gasteiger partial charge in [-0.25, -0.2) is 4.39 Å². The van der Waals surface area contributed by atoms with Gasteiger partial charge in [-0.15, -0.1) is 0 Å². The van der Waals surface area contributed by atoms with E-state index in [1.165, 1.54) is 12.1 Å². The Bertz CT molecular complexity index is 462. The Morgan fingerprint density at radius 2 is 1.85 bits per heavy atom. The van der Waals surface area contributed by atoms with E-state index in [4.69, 9.17) is 14.2 Å². The van der Waals surface area contributed by atoms with E-state index >= 15 is 0 Å². The van der Waals surface area contributed by atoms with Crippen LogP contribution in [0.1, 0.15) is 25.7 Å². The zero-order valence-corrected chi connectivity index (χ0v) is 11.2. The number of halogens is 2. The van der Waals surface area contributed by atoms with Crippen molar-refractivity contribution >= 4 is 0 Å². The van der Waals surface area contributed by atoms with Gasteiger partial charge in [0, 0.05) is 12.8 Å². The molecule has 2 fully saturated rings. The summed E-state index contributed by atoms with van der Waals surface area (Å²) < 4.78 is 43.2. The molecule has 0 radical (unpaired) electrons. The molecule has 5 heteroatoms. The summed E-state index contributed by atoms with van der Waals surface area (Å²) in [5.74, 6) is -1.87. The molecule has 1 aromatic rings. The molecule has 0 atom stereocenters. The SMILES string of the molecule is Fc1cccc(OCC2CCC3(CC2)OCCO3)c1F. The molecule has 1 saturated carbocycles. The first-order valence-electron chi connectivity index (χ1n) is 7.03. The summed E-state index contributed by atoms with van der Waals surface area (Å²) in [6, 6.07) is 3.98. The molecule has 0 unspecified atom stereocenters. The molecule has 0 bridgehead atoms. The van der Waals surface area contributed by atoms with Crippen LogP contribution in [0.5, 0.6) is 5.75 Å². The maximum atomic E-state index is 13.5. The molecular formula is C15H18F2O3. The van der Waals surface area contributed by atoms with E-state index in [0.717, 1.165) is 31.7 Å². The van der Waals surface area contributed by atoms with E-state index in [1.807, 2.05) is 0 Å². The van der Waals surface area contributed by atoms with E-state index in [-0.39, 0.29) is 11.5 Å². The van der Waals surface area contributed by atoms with Crippen LogP contribution in [0.15, 0.2) is 18.2 Å². The first-order valence-corrected chi connectivity index (χ1v) is 7.03. The number of hydrogen-bond donors (Lipinski definition) is 0. The van der Waals surface area contributed by atoms with Crippen molar-refractivity contribution in [1.82, 2.24) is 0 Å². The van der Waals surface area contributed by atoms with E-state index in [9.17, 15) is 8.78 Å². The van der Waals surface area contributed by atoms with Crippen molar-refractivity contribution in [2.24, 2.45) is 5.92 Å². The molecule has 2 aliphatic rings. The van der Waals surface area contributed by atoms with Crippen LogP contribution in [0, 0.1) is 17.6 Å². The van der Waals surface area contributed by atoms with Crippen molar-refractivity contribution in [3.63, 3.8) is 0 Å². The van der Waals surface area contributed by atoms with Crippen LogP contribution < -0.4 is 4.74 Å². The van der Waals surface area contributed by atoms with Crippen molar-refractivity contribution in [2.75, 3.05) is 19.8 Å². The van der Waals surface area contributed by atoms with Gasteiger partial charge in [-0.05, 0) is 30.9 Å². The lowest BCUT2D eigenvalue weighted by Gasteiger charge is -2.35. The molecular weight excluding hydrogens is 266 g/mol. The highest BCUT2D eigenvalue weighted by atomic mass is 19.2. The lowest BCUT2D eigenvalue weighted by Crippen LogP contribution is -2.36. The molecule has 0 aromatic heterocycles. The summed E-state index contributed by atoms with van der Waals surface area (Å²) in [5.41, 5.74) is 0. The van der Waals surface area contributed by atoms with Crippen molar-refractivity contribution in [1.29, 1.82) is 0 Å². The average Bonchev–Trinajstić information content (AvgIpc) is 2.91. The van der Waals surface area contributed by atoms with Gasteiger partial charge in [0.2, 0.25) is 5.82 Å². The molecule has 20 heavy (non-hydrogen) atoms. The van der Waals surface area contributed by atoms with Crippen molar-refractivity contribution < 1.29 is 23.0 Å². The lowest BCUT2D eigenvalue weighted by atomic mass is 9.85. The molecule has 110 valence electrons. The van der Waals surface area contributed by atoms with Gasteiger partial charge in [-0.2, -0.15) is 4.39 Å². The molecule has 1 aromatic carbocycles. The third-order valence-corrected chi connectivity index (χ3v) is 4.07. The Morgan fingerprint density at radius 1 is 1.15 bits per heavy atom. The number of hydrogen-bond acceptors (Lipinski definition) is 3. The van der Waals surface area contributed by atoms with Crippen molar-refractivity contribution in [3.8, 4) is 5.75 Å². The predicted octanol–water partition coefficient (Wildman–Crippen LogP) is 3.28. The summed E-state index contributed by atoms with van der Waals surface area (Å²) >= 11 is 0. The number of ether oxygens (including phenoxy) is 3. The fourth-order valence-electron chi connectivity index (χ4n) is 2.87. The molecule has 3 rings (SSSR count). The summed E-state index contributed by atoms with van der Waals surface area (Å²) in [5, 5.41) is 0. The van der Waals surface area contributed by atoms with E-state index < -0.39 is 11.6 Å². The fraction of sp³-hybridized carbons (Fsp3) is 0.600.